The summed E-state index contributed by atoms with van der Waals surface area (Å²) in [6.07, 6.45) is 2.80. The fraction of sp³-hybridized carbons (Fsp3) is 0.161. The van der Waals surface area contributed by atoms with Crippen LogP contribution in [0.25, 0.3) is 11.5 Å². The van der Waals surface area contributed by atoms with Gasteiger partial charge < -0.3 is 14.8 Å². The molecule has 0 aliphatic carbocycles. The van der Waals surface area contributed by atoms with Gasteiger partial charge in [0, 0.05) is 11.8 Å². The van der Waals surface area contributed by atoms with Crippen LogP contribution in [0.5, 0.6) is 0 Å². The number of para-hydroxylation sites is 1. The van der Waals surface area contributed by atoms with Crippen molar-refractivity contribution in [2.24, 2.45) is 0 Å². The van der Waals surface area contributed by atoms with Gasteiger partial charge in [0.05, 0.1) is 40.4 Å². The number of aryl methyl sites for hydroxylation is 2. The van der Waals surface area contributed by atoms with Gasteiger partial charge in [0.2, 0.25) is 0 Å². The molecule has 0 fully saturated rings. The molecule has 0 bridgehead atoms. The van der Waals surface area contributed by atoms with Crippen LogP contribution in [0.2, 0.25) is 5.02 Å². The number of halogens is 1. The highest BCUT2D eigenvalue weighted by Gasteiger charge is 2.36. The molecule has 0 radical (unpaired) electrons. The van der Waals surface area contributed by atoms with Gasteiger partial charge >= 0.3 is 6.03 Å². The minimum atomic E-state index is -0.322. The number of benzene rings is 3. The second-order valence-electron chi connectivity index (χ2n) is 9.51. The normalized spacial score (nSPS) is 14.5. The summed E-state index contributed by atoms with van der Waals surface area (Å²) in [5, 5.41) is 8.61. The van der Waals surface area contributed by atoms with Gasteiger partial charge in [-0.05, 0) is 60.9 Å². The third kappa shape index (κ3) is 4.17. The molecule has 3 heterocycles. The Morgan fingerprint density at radius 1 is 1.00 bits per heavy atom. The molecular weight excluding hydrogens is 494 g/mol. The van der Waals surface area contributed by atoms with Crippen LogP contribution < -0.4 is 5.32 Å². The molecule has 0 saturated carbocycles. The number of nitrogens with zero attached hydrogens (tertiary/aromatic N) is 4. The lowest BCUT2D eigenvalue weighted by atomic mass is 10.0. The smallest absolute Gasteiger partial charge is 0.307 e. The summed E-state index contributed by atoms with van der Waals surface area (Å²) < 4.78 is 4.18. The number of aromatic nitrogens is 3. The van der Waals surface area contributed by atoms with Crippen LogP contribution >= 0.6 is 11.6 Å². The zero-order chi connectivity index (χ0) is 26.2. The second kappa shape index (κ2) is 9.88. The first-order valence-electron chi connectivity index (χ1n) is 12.8. The molecule has 0 saturated heterocycles. The third-order valence-electron chi connectivity index (χ3n) is 7.05. The number of urea groups is 1. The summed E-state index contributed by atoms with van der Waals surface area (Å²) >= 11 is 6.51. The average Bonchev–Trinajstić information content (AvgIpc) is 3.52. The fourth-order valence-electron chi connectivity index (χ4n) is 5.24. The summed E-state index contributed by atoms with van der Waals surface area (Å²) in [5.74, 6) is 0.956. The molecule has 1 aliphatic rings. The molecule has 1 unspecified atom stereocenters. The molecular formula is C31H28ClN5O. The molecule has 2 aromatic heterocycles. The molecule has 5 aromatic rings. The minimum Gasteiger partial charge on any atom is -0.307 e. The third-order valence-corrected chi connectivity index (χ3v) is 7.36. The molecule has 7 heteroatoms. The van der Waals surface area contributed by atoms with Crippen molar-refractivity contribution in [2.75, 3.05) is 5.32 Å². The molecule has 1 aliphatic heterocycles. The first-order chi connectivity index (χ1) is 18.5. The molecule has 190 valence electrons. The van der Waals surface area contributed by atoms with E-state index in [0.29, 0.717) is 17.3 Å². The fourth-order valence-corrected chi connectivity index (χ4v) is 5.53. The quantitative estimate of drug-likeness (QED) is 0.269. The maximum absolute atomic E-state index is 14.1. The number of carbonyl (C=O) groups is 1. The number of fused-ring (bicyclic) bond motifs is 3. The molecule has 1 atom stereocenters. The van der Waals surface area contributed by atoms with Crippen molar-refractivity contribution in [1.82, 2.24) is 19.2 Å². The number of hydrogen-bond acceptors (Lipinski definition) is 2. The molecule has 3 aromatic carbocycles. The van der Waals surface area contributed by atoms with Crippen LogP contribution in [-0.2, 0) is 13.0 Å². The van der Waals surface area contributed by atoms with E-state index in [1.165, 1.54) is 0 Å². The van der Waals surface area contributed by atoms with Crippen LogP contribution in [-0.4, -0.2) is 25.3 Å². The Kier molecular flexibility index (Phi) is 6.26. The maximum Gasteiger partial charge on any atom is 0.323 e. The lowest BCUT2D eigenvalue weighted by molar-refractivity contribution is 0.194. The number of rotatable bonds is 4. The molecule has 2 amide bonds. The van der Waals surface area contributed by atoms with Crippen LogP contribution in [0, 0.1) is 6.92 Å². The number of nitrogens with one attached hydrogen (secondary N) is 1. The summed E-state index contributed by atoms with van der Waals surface area (Å²) in [7, 11) is 0. The van der Waals surface area contributed by atoms with Gasteiger partial charge in [-0.3, -0.25) is 0 Å². The summed E-state index contributed by atoms with van der Waals surface area (Å²) in [6, 6.07) is 29.5. The van der Waals surface area contributed by atoms with E-state index in [1.54, 1.807) is 0 Å². The van der Waals surface area contributed by atoms with E-state index in [1.807, 2.05) is 77.2 Å². The van der Waals surface area contributed by atoms with Crippen molar-refractivity contribution in [3.05, 3.63) is 130 Å². The van der Waals surface area contributed by atoms with Gasteiger partial charge in [0.15, 0.2) is 0 Å². The van der Waals surface area contributed by atoms with E-state index in [4.69, 9.17) is 16.7 Å². The Hall–Kier alpha value is -4.29. The predicted octanol–water partition coefficient (Wildman–Crippen LogP) is 7.32. The molecule has 38 heavy (non-hydrogen) atoms. The van der Waals surface area contributed by atoms with Gasteiger partial charge in [-0.15, -0.1) is 0 Å². The predicted molar refractivity (Wildman–Crippen MR) is 151 cm³/mol. The number of carbonyl (C=O) groups excluding carboxylic acids is 1. The number of hydrogen-bond donors (Lipinski definition) is 1. The van der Waals surface area contributed by atoms with Gasteiger partial charge in [0.25, 0.3) is 0 Å². The Bertz CT molecular complexity index is 1610. The summed E-state index contributed by atoms with van der Waals surface area (Å²) in [4.78, 5) is 16.0. The van der Waals surface area contributed by atoms with Crippen molar-refractivity contribution < 1.29 is 4.79 Å². The van der Waals surface area contributed by atoms with Crippen LogP contribution in [0.4, 0.5) is 10.5 Å². The highest BCUT2D eigenvalue weighted by atomic mass is 35.5. The Labute approximate surface area is 227 Å². The summed E-state index contributed by atoms with van der Waals surface area (Å²) in [5.41, 5.74) is 6.60. The van der Waals surface area contributed by atoms with Gasteiger partial charge in [-0.2, -0.15) is 5.10 Å². The SMILES string of the molecule is CCc1nn(-c2ccccc2)c2c1CN(C(=O)Nc1ccc(C)cc1Cl)C(c1ccccc1)c1cccn1-2. The topological polar surface area (TPSA) is 55.1 Å². The Morgan fingerprint density at radius 2 is 1.74 bits per heavy atom. The minimum absolute atomic E-state index is 0.222. The van der Waals surface area contributed by atoms with E-state index in [0.717, 1.165) is 46.0 Å². The lowest BCUT2D eigenvalue weighted by Gasteiger charge is -2.31. The highest BCUT2D eigenvalue weighted by Crippen LogP contribution is 2.39. The van der Waals surface area contributed by atoms with Crippen molar-refractivity contribution >= 4 is 23.3 Å². The van der Waals surface area contributed by atoms with Crippen LogP contribution in [0.15, 0.2) is 97.2 Å². The van der Waals surface area contributed by atoms with Crippen molar-refractivity contribution in [1.29, 1.82) is 0 Å². The molecule has 0 spiro atoms. The molecule has 6 rings (SSSR count). The van der Waals surface area contributed by atoms with Crippen LogP contribution in [0.1, 0.15) is 41.0 Å². The first-order valence-corrected chi connectivity index (χ1v) is 13.2. The van der Waals surface area contributed by atoms with Gasteiger partial charge in [-0.1, -0.05) is 73.1 Å². The largest absolute Gasteiger partial charge is 0.323 e. The van der Waals surface area contributed by atoms with Crippen molar-refractivity contribution in [3.63, 3.8) is 0 Å². The molecule has 6 nitrogen and oxygen atoms in total. The van der Waals surface area contributed by atoms with Crippen molar-refractivity contribution in [2.45, 2.75) is 32.9 Å². The van der Waals surface area contributed by atoms with E-state index in [2.05, 4.69) is 53.3 Å². The van der Waals surface area contributed by atoms with Gasteiger partial charge in [0.1, 0.15) is 5.82 Å². The van der Waals surface area contributed by atoms with E-state index >= 15 is 0 Å². The molecule has 1 N–H and O–H groups in total. The van der Waals surface area contributed by atoms with Gasteiger partial charge in [-0.25, -0.2) is 9.48 Å². The standard InChI is InChI=1S/C31H28ClN5O/c1-3-26-24-20-36(31(38)33-27-17-16-21(2)19-25(27)32)29(22-11-6-4-7-12-22)28-15-10-18-35(28)30(24)37(34-26)23-13-8-5-9-14-23/h4-19,29H,3,20H2,1-2H3,(H,33,38). The van der Waals surface area contributed by atoms with E-state index < -0.39 is 0 Å². The first kappa shape index (κ1) is 24.1. The number of amides is 2. The van der Waals surface area contributed by atoms with E-state index in [9.17, 15) is 4.79 Å². The van der Waals surface area contributed by atoms with Crippen molar-refractivity contribution in [3.8, 4) is 11.5 Å². The zero-order valence-electron chi connectivity index (χ0n) is 21.3. The monoisotopic (exact) mass is 521 g/mol. The number of anilines is 1. The highest BCUT2D eigenvalue weighted by molar-refractivity contribution is 6.33. The zero-order valence-corrected chi connectivity index (χ0v) is 22.1. The van der Waals surface area contributed by atoms with Crippen LogP contribution in [0.3, 0.4) is 0 Å². The second-order valence-corrected chi connectivity index (χ2v) is 9.91. The maximum atomic E-state index is 14.1. The van der Waals surface area contributed by atoms with E-state index in [-0.39, 0.29) is 12.1 Å². The lowest BCUT2D eigenvalue weighted by Crippen LogP contribution is -2.38. The average molecular weight is 522 g/mol. The summed E-state index contributed by atoms with van der Waals surface area (Å²) in [6.45, 7) is 4.47. The Balaban J connectivity index is 1.54. The Morgan fingerprint density at radius 3 is 2.45 bits per heavy atom.